The molecular weight excluding hydrogens is 500 g/mol. The summed E-state index contributed by atoms with van der Waals surface area (Å²) in [7, 11) is 0. The normalized spacial score (nSPS) is 12.6. The number of aliphatic hydroxyl groups excluding tert-OH is 1. The predicted molar refractivity (Wildman–Crippen MR) is 145 cm³/mol. The molecule has 12 heteroatoms. The van der Waals surface area contributed by atoms with Crippen molar-refractivity contribution in [3.63, 3.8) is 0 Å². The number of carbonyl (C=O) groups is 1. The Balaban J connectivity index is 1.58. The first kappa shape index (κ1) is 26.0. The number of rotatable bonds is 7. The molecule has 0 aliphatic heterocycles. The molecule has 5 aromatic heterocycles. The Labute approximate surface area is 224 Å². The summed E-state index contributed by atoms with van der Waals surface area (Å²) in [5, 5.41) is 22.5. The van der Waals surface area contributed by atoms with Gasteiger partial charge >= 0.3 is 6.09 Å². The third-order valence-corrected chi connectivity index (χ3v) is 5.79. The van der Waals surface area contributed by atoms with Crippen molar-refractivity contribution in [2.75, 3.05) is 11.9 Å². The number of anilines is 1. The average Bonchev–Trinajstić information content (AvgIpc) is 3.53. The Hall–Kier alpha value is -4.58. The van der Waals surface area contributed by atoms with Gasteiger partial charge in [-0.3, -0.25) is 10.3 Å². The van der Waals surface area contributed by atoms with E-state index in [0.717, 1.165) is 16.5 Å². The first-order valence-electron chi connectivity index (χ1n) is 12.5. The third-order valence-electron chi connectivity index (χ3n) is 5.79. The number of carbonyl (C=O) groups excluding carboxylic acids is 1. The van der Waals surface area contributed by atoms with Crippen molar-refractivity contribution in [3.05, 3.63) is 60.4 Å². The molecule has 0 spiro atoms. The molecule has 0 radical (unpaired) electrons. The lowest BCUT2D eigenvalue weighted by atomic mass is 10.1. The summed E-state index contributed by atoms with van der Waals surface area (Å²) < 4.78 is 15.2. The van der Waals surface area contributed by atoms with E-state index in [2.05, 4.69) is 25.5 Å². The molecule has 0 bridgehead atoms. The maximum atomic E-state index is 12.7. The molecule has 2 N–H and O–H groups in total. The van der Waals surface area contributed by atoms with Crippen LogP contribution in [-0.4, -0.2) is 57.9 Å². The van der Waals surface area contributed by atoms with Gasteiger partial charge in [0, 0.05) is 35.1 Å². The minimum Gasteiger partial charge on any atom is -0.480 e. The van der Waals surface area contributed by atoms with E-state index in [9.17, 15) is 9.90 Å². The lowest BCUT2D eigenvalue weighted by molar-refractivity contribution is 0.0634. The number of fused-ring (bicyclic) bond motifs is 2. The number of hydrogen-bond donors (Lipinski definition) is 2. The summed E-state index contributed by atoms with van der Waals surface area (Å²) in [5.41, 5.74) is 2.64. The van der Waals surface area contributed by atoms with Crippen LogP contribution in [-0.2, 0) is 11.3 Å². The maximum absolute atomic E-state index is 12.7. The molecule has 5 aromatic rings. The molecule has 0 aliphatic rings. The molecule has 5 heterocycles. The summed E-state index contributed by atoms with van der Waals surface area (Å²) in [4.78, 5) is 26.6. The Morgan fingerprint density at radius 3 is 2.67 bits per heavy atom. The molecule has 0 saturated carbocycles. The van der Waals surface area contributed by atoms with Gasteiger partial charge in [-0.15, -0.1) is 0 Å². The lowest BCUT2D eigenvalue weighted by Gasteiger charge is -2.22. The summed E-state index contributed by atoms with van der Waals surface area (Å²) in [6.07, 6.45) is 5.65. The van der Waals surface area contributed by atoms with Gasteiger partial charge in [-0.05, 0) is 58.9 Å². The first-order valence-corrected chi connectivity index (χ1v) is 12.5. The van der Waals surface area contributed by atoms with Gasteiger partial charge in [0.15, 0.2) is 17.2 Å². The summed E-state index contributed by atoms with van der Waals surface area (Å²) in [6, 6.07) is 7.35. The standard InChI is InChI=1S/C27H30N8O4/c1-16-11-20-18(14-28-16)13-22(24(31-20)33-26(37)39-27(3,4)5)38-17(2)23-21(34-8-6-7-29-34)12-19-15-30-35(9-10-36)25(19)32-23/h6-8,11-15,17,36H,9-10H2,1-5H3,(H,31,33,37)/t17-/m0/s1. The van der Waals surface area contributed by atoms with Gasteiger partial charge < -0.3 is 14.6 Å². The summed E-state index contributed by atoms with van der Waals surface area (Å²) in [5.74, 6) is 0.532. The number of amides is 1. The van der Waals surface area contributed by atoms with Crippen molar-refractivity contribution in [2.24, 2.45) is 0 Å². The van der Waals surface area contributed by atoms with Crippen LogP contribution in [0.3, 0.4) is 0 Å². The van der Waals surface area contributed by atoms with Crippen LogP contribution in [0.15, 0.2) is 49.1 Å². The number of aromatic nitrogens is 7. The predicted octanol–water partition coefficient (Wildman–Crippen LogP) is 4.35. The third kappa shape index (κ3) is 5.65. The molecule has 12 nitrogen and oxygen atoms in total. The molecule has 0 fully saturated rings. The average molecular weight is 531 g/mol. The van der Waals surface area contributed by atoms with Crippen LogP contribution in [0, 0.1) is 6.92 Å². The van der Waals surface area contributed by atoms with Crippen LogP contribution < -0.4 is 10.1 Å². The van der Waals surface area contributed by atoms with Crippen molar-refractivity contribution in [1.29, 1.82) is 0 Å². The van der Waals surface area contributed by atoms with Crippen LogP contribution in [0.5, 0.6) is 5.75 Å². The number of nitrogens with zero attached hydrogens (tertiary/aromatic N) is 7. The van der Waals surface area contributed by atoms with Crippen molar-refractivity contribution < 1.29 is 19.4 Å². The largest absolute Gasteiger partial charge is 0.480 e. The van der Waals surface area contributed by atoms with E-state index in [1.165, 1.54) is 0 Å². The smallest absolute Gasteiger partial charge is 0.413 e. The molecule has 0 saturated heterocycles. The van der Waals surface area contributed by atoms with E-state index < -0.39 is 17.8 Å². The highest BCUT2D eigenvalue weighted by Gasteiger charge is 2.23. The Morgan fingerprint density at radius 2 is 1.95 bits per heavy atom. The maximum Gasteiger partial charge on any atom is 0.413 e. The summed E-state index contributed by atoms with van der Waals surface area (Å²) >= 11 is 0. The Kier molecular flexibility index (Phi) is 6.87. The Morgan fingerprint density at radius 1 is 1.13 bits per heavy atom. The van der Waals surface area contributed by atoms with E-state index in [1.54, 1.807) is 54.8 Å². The molecule has 0 aromatic carbocycles. The van der Waals surface area contributed by atoms with Gasteiger partial charge in [0.05, 0.1) is 30.6 Å². The van der Waals surface area contributed by atoms with E-state index >= 15 is 0 Å². The quantitative estimate of drug-likeness (QED) is 0.314. The van der Waals surface area contributed by atoms with E-state index in [4.69, 9.17) is 14.5 Å². The number of pyridine rings is 3. The van der Waals surface area contributed by atoms with Crippen LogP contribution in [0.1, 0.15) is 45.2 Å². The van der Waals surface area contributed by atoms with Crippen LogP contribution in [0.25, 0.3) is 27.6 Å². The second-order valence-corrected chi connectivity index (χ2v) is 10.1. The van der Waals surface area contributed by atoms with Gasteiger partial charge in [0.2, 0.25) is 0 Å². The Bertz CT molecular complexity index is 1640. The van der Waals surface area contributed by atoms with Crippen molar-refractivity contribution in [1.82, 2.24) is 34.5 Å². The fraction of sp³-hybridized carbons (Fsp3) is 0.333. The molecule has 0 aliphatic carbocycles. The van der Waals surface area contributed by atoms with E-state index in [1.807, 2.05) is 38.2 Å². The SMILES string of the molecule is Cc1cc2nc(NC(=O)OC(C)(C)C)c(O[C@@H](C)c3nc4c(cnn4CCO)cc3-n3cccn3)cc2cn1. The van der Waals surface area contributed by atoms with Crippen LogP contribution >= 0.6 is 0 Å². The number of hydrogen-bond acceptors (Lipinski definition) is 9. The van der Waals surface area contributed by atoms with Crippen molar-refractivity contribution in [2.45, 2.75) is 52.9 Å². The van der Waals surface area contributed by atoms with Gasteiger partial charge in [-0.1, -0.05) is 0 Å². The molecule has 1 amide bonds. The minimum atomic E-state index is -0.689. The van der Waals surface area contributed by atoms with Crippen molar-refractivity contribution in [3.8, 4) is 11.4 Å². The zero-order chi connectivity index (χ0) is 27.7. The second-order valence-electron chi connectivity index (χ2n) is 10.1. The van der Waals surface area contributed by atoms with Crippen molar-refractivity contribution >= 4 is 33.8 Å². The van der Waals surface area contributed by atoms with Gasteiger partial charge in [0.25, 0.3) is 0 Å². The van der Waals surface area contributed by atoms with Gasteiger partial charge in [-0.25, -0.2) is 24.1 Å². The fourth-order valence-corrected chi connectivity index (χ4v) is 4.14. The molecule has 5 rings (SSSR count). The van der Waals surface area contributed by atoms with Gasteiger partial charge in [0.1, 0.15) is 17.4 Å². The molecule has 39 heavy (non-hydrogen) atoms. The highest BCUT2D eigenvalue weighted by molar-refractivity contribution is 5.90. The van der Waals surface area contributed by atoms with E-state index in [0.29, 0.717) is 34.8 Å². The molecule has 1 atom stereocenters. The molecule has 202 valence electrons. The highest BCUT2D eigenvalue weighted by atomic mass is 16.6. The molecular formula is C27H30N8O4. The summed E-state index contributed by atoms with van der Waals surface area (Å²) in [6.45, 7) is 9.31. The zero-order valence-electron chi connectivity index (χ0n) is 22.4. The minimum absolute atomic E-state index is 0.0727. The monoisotopic (exact) mass is 530 g/mol. The number of aliphatic hydroxyl groups is 1. The first-order chi connectivity index (χ1) is 18.6. The van der Waals surface area contributed by atoms with Gasteiger partial charge in [-0.2, -0.15) is 10.2 Å². The fourth-order valence-electron chi connectivity index (χ4n) is 4.14. The topological polar surface area (TPSA) is 142 Å². The molecule has 0 unspecified atom stereocenters. The second kappa shape index (κ2) is 10.3. The van der Waals surface area contributed by atoms with Crippen LogP contribution in [0.2, 0.25) is 0 Å². The number of nitrogens with one attached hydrogen (secondary N) is 1. The van der Waals surface area contributed by atoms with Crippen LogP contribution in [0.4, 0.5) is 10.6 Å². The number of aryl methyl sites for hydroxylation is 1. The van der Waals surface area contributed by atoms with E-state index in [-0.39, 0.29) is 12.4 Å². The number of ether oxygens (including phenoxy) is 2. The highest BCUT2D eigenvalue weighted by Crippen LogP contribution is 2.33. The zero-order valence-corrected chi connectivity index (χ0v) is 22.4. The lowest BCUT2D eigenvalue weighted by Crippen LogP contribution is -2.27.